The topological polar surface area (TPSA) is 64.0 Å². The van der Waals surface area contributed by atoms with Crippen molar-refractivity contribution in [1.29, 1.82) is 0 Å². The van der Waals surface area contributed by atoms with Gasteiger partial charge < -0.3 is 16.0 Å². The first-order chi connectivity index (χ1) is 15.3. The van der Waals surface area contributed by atoms with Crippen LogP contribution in [0.15, 0.2) is 69.5 Å². The Balaban J connectivity index is 2.03. The smallest absolute Gasteiger partial charge is 0.376 e. The van der Waals surface area contributed by atoms with Gasteiger partial charge in [-0.15, -0.1) is 11.8 Å². The van der Waals surface area contributed by atoms with E-state index in [2.05, 4.69) is 32.7 Å². The normalized spacial score (nSPS) is 21.6. The van der Waals surface area contributed by atoms with Crippen LogP contribution in [0.25, 0.3) is 0 Å². The lowest BCUT2D eigenvalue weighted by atomic mass is 10.2. The fourth-order valence-corrected chi connectivity index (χ4v) is 3.42. The van der Waals surface area contributed by atoms with Crippen molar-refractivity contribution in [3.63, 3.8) is 0 Å². The van der Waals surface area contributed by atoms with E-state index < -0.39 is 23.9 Å². The SMILES string of the molecule is C=N/C(=C\C=C\CN(CCC)C1NC=NC(NCC2=CNC(SC)C=C2)=C1F)C(F)(F)F. The molecule has 11 heteroatoms. The minimum absolute atomic E-state index is 0.121. The Kier molecular flexibility index (Phi) is 10.0. The molecule has 0 bridgehead atoms. The predicted molar refractivity (Wildman–Crippen MR) is 124 cm³/mol. The van der Waals surface area contributed by atoms with Gasteiger partial charge in [-0.2, -0.15) is 13.2 Å². The van der Waals surface area contributed by atoms with Crippen LogP contribution in [0.5, 0.6) is 0 Å². The summed E-state index contributed by atoms with van der Waals surface area (Å²) in [5.74, 6) is -0.362. The molecule has 6 nitrogen and oxygen atoms in total. The lowest BCUT2D eigenvalue weighted by Gasteiger charge is -2.32. The van der Waals surface area contributed by atoms with Crippen LogP contribution in [-0.2, 0) is 0 Å². The number of nitrogens with zero attached hydrogens (tertiary/aromatic N) is 3. The van der Waals surface area contributed by atoms with E-state index in [1.807, 2.05) is 31.5 Å². The van der Waals surface area contributed by atoms with E-state index in [1.54, 1.807) is 16.7 Å². The van der Waals surface area contributed by atoms with Crippen LogP contribution in [0.4, 0.5) is 17.6 Å². The molecule has 3 N–H and O–H groups in total. The lowest BCUT2D eigenvalue weighted by molar-refractivity contribution is -0.0922. The molecule has 2 aliphatic heterocycles. The van der Waals surface area contributed by atoms with E-state index in [1.165, 1.54) is 18.5 Å². The van der Waals surface area contributed by atoms with Gasteiger partial charge in [-0.1, -0.05) is 31.2 Å². The number of hydrogen-bond donors (Lipinski definition) is 3. The first-order valence-electron chi connectivity index (χ1n) is 10.0. The number of rotatable bonds is 11. The molecule has 0 amide bonds. The van der Waals surface area contributed by atoms with E-state index in [9.17, 15) is 13.2 Å². The number of alkyl halides is 3. The third kappa shape index (κ3) is 7.56. The first kappa shape index (κ1) is 25.7. The van der Waals surface area contributed by atoms with Crippen LogP contribution in [0.3, 0.4) is 0 Å². The Morgan fingerprint density at radius 3 is 2.78 bits per heavy atom. The molecule has 0 fully saturated rings. The van der Waals surface area contributed by atoms with Crippen LogP contribution >= 0.6 is 11.8 Å². The lowest BCUT2D eigenvalue weighted by Crippen LogP contribution is -2.48. The Morgan fingerprint density at radius 2 is 2.19 bits per heavy atom. The fourth-order valence-electron chi connectivity index (χ4n) is 2.98. The van der Waals surface area contributed by atoms with E-state index in [4.69, 9.17) is 0 Å². The van der Waals surface area contributed by atoms with Gasteiger partial charge in [0.1, 0.15) is 11.9 Å². The van der Waals surface area contributed by atoms with Gasteiger partial charge in [-0.05, 0) is 31.0 Å². The van der Waals surface area contributed by atoms with Crippen molar-refractivity contribution in [2.75, 3.05) is 25.9 Å². The van der Waals surface area contributed by atoms with Crippen molar-refractivity contribution >= 4 is 24.8 Å². The van der Waals surface area contributed by atoms with Gasteiger partial charge in [0.2, 0.25) is 0 Å². The van der Waals surface area contributed by atoms with Crippen molar-refractivity contribution in [1.82, 2.24) is 20.9 Å². The summed E-state index contributed by atoms with van der Waals surface area (Å²) in [5, 5.41) is 9.33. The minimum Gasteiger partial charge on any atom is -0.376 e. The van der Waals surface area contributed by atoms with Gasteiger partial charge in [0, 0.05) is 25.8 Å². The zero-order chi connectivity index (χ0) is 23.6. The third-order valence-electron chi connectivity index (χ3n) is 4.59. The molecule has 0 radical (unpaired) electrons. The van der Waals surface area contributed by atoms with Gasteiger partial charge in [0.15, 0.2) is 11.6 Å². The number of dihydropyridines is 1. The van der Waals surface area contributed by atoms with Crippen molar-refractivity contribution in [3.05, 3.63) is 59.5 Å². The Labute approximate surface area is 190 Å². The Bertz CT molecular complexity index is 829. The second-order valence-corrected chi connectivity index (χ2v) is 7.89. The first-order valence-corrected chi connectivity index (χ1v) is 11.3. The van der Waals surface area contributed by atoms with Gasteiger partial charge in [-0.3, -0.25) is 9.89 Å². The number of halogens is 4. The summed E-state index contributed by atoms with van der Waals surface area (Å²) in [5.41, 5.74) is -0.127. The molecule has 0 aliphatic carbocycles. The molecule has 0 aromatic heterocycles. The maximum Gasteiger partial charge on any atom is 0.433 e. The number of nitrogens with one attached hydrogen (secondary N) is 3. The molecule has 2 unspecified atom stereocenters. The Morgan fingerprint density at radius 1 is 1.41 bits per heavy atom. The van der Waals surface area contributed by atoms with Crippen LogP contribution in [0.2, 0.25) is 0 Å². The molecule has 0 saturated heterocycles. The molecule has 176 valence electrons. The summed E-state index contributed by atoms with van der Waals surface area (Å²) in [6.45, 7) is 6.03. The van der Waals surface area contributed by atoms with Crippen molar-refractivity contribution in [3.8, 4) is 0 Å². The van der Waals surface area contributed by atoms with Crippen LogP contribution in [-0.4, -0.2) is 61.6 Å². The van der Waals surface area contributed by atoms with E-state index in [-0.39, 0.29) is 17.7 Å². The molecule has 2 heterocycles. The number of thioether (sulfide) groups is 1. The molecule has 2 aliphatic rings. The summed E-state index contributed by atoms with van der Waals surface area (Å²) >= 11 is 1.67. The average molecular weight is 473 g/mol. The summed E-state index contributed by atoms with van der Waals surface area (Å²) in [7, 11) is 0. The number of allylic oxidation sites excluding steroid dienone is 3. The van der Waals surface area contributed by atoms with Crippen molar-refractivity contribution in [2.24, 2.45) is 9.98 Å². The van der Waals surface area contributed by atoms with Crippen molar-refractivity contribution in [2.45, 2.75) is 31.1 Å². The highest BCUT2D eigenvalue weighted by Crippen LogP contribution is 2.26. The molecule has 2 atom stereocenters. The van der Waals surface area contributed by atoms with Crippen molar-refractivity contribution < 1.29 is 17.6 Å². The summed E-state index contributed by atoms with van der Waals surface area (Å²) in [6.07, 6.45) is 8.28. The third-order valence-corrected chi connectivity index (χ3v) is 5.39. The summed E-state index contributed by atoms with van der Waals surface area (Å²) < 4.78 is 53.3. The quantitative estimate of drug-likeness (QED) is 0.242. The molecular formula is C21H28F4N6S. The maximum atomic E-state index is 15.1. The standard InChI is InChI=1S/C21H28F4N6S/c1-4-10-31(11-6-5-7-16(26-2)21(23,24)25)20-18(22)19(29-14-30-20)28-13-15-8-9-17(32-3)27-12-15/h5-9,12,14,17,20,27-28H,2,4,10-11,13H2,1,3H3,(H,29,30)/b6-5+,16-7-. The van der Waals surface area contributed by atoms with Crippen LogP contribution < -0.4 is 16.0 Å². The second-order valence-electron chi connectivity index (χ2n) is 6.91. The molecule has 0 aromatic carbocycles. The van der Waals surface area contributed by atoms with Crippen LogP contribution in [0, 0.1) is 0 Å². The Hall–Kier alpha value is -2.53. The zero-order valence-electron chi connectivity index (χ0n) is 18.0. The zero-order valence-corrected chi connectivity index (χ0v) is 18.8. The molecule has 32 heavy (non-hydrogen) atoms. The largest absolute Gasteiger partial charge is 0.433 e. The van der Waals surface area contributed by atoms with Gasteiger partial charge in [0.05, 0.1) is 11.7 Å². The molecule has 0 aromatic rings. The number of hydrogen-bond acceptors (Lipinski definition) is 7. The van der Waals surface area contributed by atoms with E-state index >= 15 is 4.39 Å². The van der Waals surface area contributed by atoms with E-state index in [0.29, 0.717) is 13.1 Å². The summed E-state index contributed by atoms with van der Waals surface area (Å²) in [4.78, 5) is 8.82. The second kappa shape index (κ2) is 12.5. The van der Waals surface area contributed by atoms with Gasteiger partial charge >= 0.3 is 6.18 Å². The molecule has 0 spiro atoms. The van der Waals surface area contributed by atoms with E-state index in [0.717, 1.165) is 18.1 Å². The summed E-state index contributed by atoms with van der Waals surface area (Å²) in [6, 6.07) is 0. The highest BCUT2D eigenvalue weighted by Gasteiger charge is 2.32. The average Bonchev–Trinajstić information content (AvgIpc) is 2.77. The maximum absolute atomic E-state index is 15.1. The number of aliphatic imine (C=N–C) groups is 2. The predicted octanol–water partition coefficient (Wildman–Crippen LogP) is 3.82. The highest BCUT2D eigenvalue weighted by atomic mass is 32.2. The van der Waals surface area contributed by atoms with Gasteiger partial charge in [0.25, 0.3) is 0 Å². The minimum atomic E-state index is -4.57. The molecule has 2 rings (SSSR count). The van der Waals surface area contributed by atoms with Gasteiger partial charge in [-0.25, -0.2) is 9.38 Å². The van der Waals surface area contributed by atoms with Crippen LogP contribution in [0.1, 0.15) is 13.3 Å². The molecule has 0 saturated carbocycles. The molecular weight excluding hydrogens is 444 g/mol. The fraction of sp³-hybridized carbons (Fsp3) is 0.429. The highest BCUT2D eigenvalue weighted by molar-refractivity contribution is 7.99. The monoisotopic (exact) mass is 472 g/mol.